The Morgan fingerprint density at radius 2 is 1.74 bits per heavy atom. The largest absolute Gasteiger partial charge is 0.502 e. The van der Waals surface area contributed by atoms with Crippen LogP contribution in [0.15, 0.2) is 62.2 Å². The maximum absolute atomic E-state index is 12.2. The van der Waals surface area contributed by atoms with E-state index < -0.39 is 5.43 Å². The Labute approximate surface area is 117 Å². The average molecular weight is 317 g/mol. The fraction of sp³-hybridized carbons (Fsp3) is 0. The van der Waals surface area contributed by atoms with Crippen molar-refractivity contribution in [1.29, 1.82) is 0 Å². The number of halogens is 1. The highest BCUT2D eigenvalue weighted by atomic mass is 79.9. The molecule has 19 heavy (non-hydrogen) atoms. The van der Waals surface area contributed by atoms with Gasteiger partial charge in [0.1, 0.15) is 5.58 Å². The fourth-order valence-electron chi connectivity index (χ4n) is 1.97. The Kier molecular flexibility index (Phi) is 2.87. The van der Waals surface area contributed by atoms with Crippen molar-refractivity contribution in [2.75, 3.05) is 0 Å². The minimum Gasteiger partial charge on any atom is -0.502 e. The van der Waals surface area contributed by atoms with E-state index in [0.717, 1.165) is 0 Å². The molecule has 0 aliphatic heterocycles. The van der Waals surface area contributed by atoms with Crippen LogP contribution in [0.5, 0.6) is 5.75 Å². The zero-order chi connectivity index (χ0) is 13.4. The van der Waals surface area contributed by atoms with E-state index >= 15 is 0 Å². The van der Waals surface area contributed by atoms with E-state index in [1.165, 1.54) is 0 Å². The second kappa shape index (κ2) is 4.55. The van der Waals surface area contributed by atoms with Crippen molar-refractivity contribution in [3.05, 3.63) is 63.2 Å². The topological polar surface area (TPSA) is 50.4 Å². The van der Waals surface area contributed by atoms with Crippen LogP contribution in [0.4, 0.5) is 0 Å². The maximum atomic E-state index is 12.2. The summed E-state index contributed by atoms with van der Waals surface area (Å²) in [6, 6.07) is 14.3. The zero-order valence-electron chi connectivity index (χ0n) is 9.76. The molecule has 1 heterocycles. The van der Waals surface area contributed by atoms with Crippen molar-refractivity contribution in [1.82, 2.24) is 0 Å². The number of aromatic hydroxyl groups is 1. The molecule has 0 atom stereocenters. The molecular formula is C15H9BrO3. The Bertz CT molecular complexity index is 807. The number of rotatable bonds is 1. The number of hydrogen-bond donors (Lipinski definition) is 1. The van der Waals surface area contributed by atoms with E-state index in [9.17, 15) is 9.90 Å². The predicted molar refractivity (Wildman–Crippen MR) is 77.3 cm³/mol. The summed E-state index contributed by atoms with van der Waals surface area (Å²) in [5.41, 5.74) is 0.669. The van der Waals surface area contributed by atoms with Crippen LogP contribution in [0, 0.1) is 0 Å². The molecule has 0 bridgehead atoms. The molecule has 3 aromatic rings. The molecule has 4 heteroatoms. The highest BCUT2D eigenvalue weighted by Crippen LogP contribution is 2.31. The summed E-state index contributed by atoms with van der Waals surface area (Å²) >= 11 is 3.29. The number of hydrogen-bond acceptors (Lipinski definition) is 3. The third-order valence-electron chi connectivity index (χ3n) is 2.88. The van der Waals surface area contributed by atoms with Gasteiger partial charge in [-0.1, -0.05) is 36.4 Å². The Hall–Kier alpha value is -2.07. The van der Waals surface area contributed by atoms with Crippen molar-refractivity contribution in [2.24, 2.45) is 0 Å². The molecular weight excluding hydrogens is 308 g/mol. The van der Waals surface area contributed by atoms with Gasteiger partial charge in [0.25, 0.3) is 0 Å². The number of fused-ring (bicyclic) bond motifs is 1. The smallest absolute Gasteiger partial charge is 0.236 e. The molecule has 0 radical (unpaired) electrons. The van der Waals surface area contributed by atoms with E-state index in [0.29, 0.717) is 21.0 Å². The summed E-state index contributed by atoms with van der Waals surface area (Å²) < 4.78 is 6.27. The minimum absolute atomic E-state index is 0.191. The predicted octanol–water partition coefficient (Wildman–Crippen LogP) is 3.93. The quantitative estimate of drug-likeness (QED) is 0.740. The van der Waals surface area contributed by atoms with Crippen LogP contribution in [0.1, 0.15) is 0 Å². The van der Waals surface area contributed by atoms with Crippen molar-refractivity contribution in [3.63, 3.8) is 0 Å². The first kappa shape index (κ1) is 12.0. The molecule has 0 saturated carbocycles. The van der Waals surface area contributed by atoms with E-state index in [2.05, 4.69) is 15.9 Å². The van der Waals surface area contributed by atoms with E-state index in [-0.39, 0.29) is 11.5 Å². The molecule has 94 valence electrons. The summed E-state index contributed by atoms with van der Waals surface area (Å²) in [6.45, 7) is 0. The van der Waals surface area contributed by atoms with Crippen LogP contribution in [0.25, 0.3) is 22.3 Å². The van der Waals surface area contributed by atoms with Gasteiger partial charge in [-0.15, -0.1) is 0 Å². The monoisotopic (exact) mass is 316 g/mol. The lowest BCUT2D eigenvalue weighted by Crippen LogP contribution is -2.03. The summed E-state index contributed by atoms with van der Waals surface area (Å²) in [4.78, 5) is 12.2. The van der Waals surface area contributed by atoms with Crippen molar-refractivity contribution in [3.8, 4) is 17.1 Å². The molecule has 3 rings (SSSR count). The van der Waals surface area contributed by atoms with Crippen LogP contribution < -0.4 is 5.43 Å². The first-order valence-electron chi connectivity index (χ1n) is 5.68. The van der Waals surface area contributed by atoms with Gasteiger partial charge in [-0.3, -0.25) is 4.79 Å². The second-order valence-corrected chi connectivity index (χ2v) is 4.94. The van der Waals surface area contributed by atoms with Gasteiger partial charge in [-0.2, -0.15) is 0 Å². The van der Waals surface area contributed by atoms with Gasteiger partial charge >= 0.3 is 0 Å². The SMILES string of the molecule is O=c1c(O)c(-c2ccccc2)oc2cccc(Br)c12. The molecule has 0 fully saturated rings. The third kappa shape index (κ3) is 1.94. The molecule has 1 aromatic heterocycles. The molecule has 3 nitrogen and oxygen atoms in total. The maximum Gasteiger partial charge on any atom is 0.236 e. The van der Waals surface area contributed by atoms with Crippen molar-refractivity contribution in [2.45, 2.75) is 0 Å². The lowest BCUT2D eigenvalue weighted by atomic mass is 10.1. The van der Waals surface area contributed by atoms with E-state index in [1.54, 1.807) is 30.3 Å². The second-order valence-electron chi connectivity index (χ2n) is 4.09. The first-order chi connectivity index (χ1) is 9.18. The standard InChI is InChI=1S/C15H9BrO3/c16-10-7-4-8-11-12(10)13(17)14(18)15(19-11)9-5-2-1-3-6-9/h1-8,18H. The zero-order valence-corrected chi connectivity index (χ0v) is 11.3. The minimum atomic E-state index is -0.437. The van der Waals surface area contributed by atoms with Crippen molar-refractivity contribution >= 4 is 26.9 Å². The highest BCUT2D eigenvalue weighted by Gasteiger charge is 2.16. The van der Waals surface area contributed by atoms with Gasteiger partial charge in [0, 0.05) is 10.0 Å². The van der Waals surface area contributed by atoms with Crippen molar-refractivity contribution < 1.29 is 9.52 Å². The molecule has 0 unspecified atom stereocenters. The lowest BCUT2D eigenvalue weighted by Gasteiger charge is -2.06. The summed E-state index contributed by atoms with van der Waals surface area (Å²) in [7, 11) is 0. The van der Waals surface area contributed by atoms with Crippen LogP contribution in [-0.2, 0) is 0 Å². The van der Waals surface area contributed by atoms with E-state index in [1.807, 2.05) is 18.2 Å². The lowest BCUT2D eigenvalue weighted by molar-refractivity contribution is 0.449. The Morgan fingerprint density at radius 3 is 2.47 bits per heavy atom. The van der Waals surface area contributed by atoms with Crippen LogP contribution >= 0.6 is 15.9 Å². The van der Waals surface area contributed by atoms with Crippen LogP contribution in [-0.4, -0.2) is 5.11 Å². The van der Waals surface area contributed by atoms with Crippen LogP contribution in [0.3, 0.4) is 0 Å². The van der Waals surface area contributed by atoms with Gasteiger partial charge < -0.3 is 9.52 Å². The summed E-state index contributed by atoms with van der Waals surface area (Å²) in [6.07, 6.45) is 0. The Morgan fingerprint density at radius 1 is 1.00 bits per heavy atom. The molecule has 0 amide bonds. The number of benzene rings is 2. The summed E-state index contributed by atoms with van der Waals surface area (Å²) in [5, 5.41) is 10.4. The normalized spacial score (nSPS) is 10.8. The molecule has 0 aliphatic carbocycles. The van der Waals surface area contributed by atoms with E-state index in [4.69, 9.17) is 4.42 Å². The third-order valence-corrected chi connectivity index (χ3v) is 3.54. The van der Waals surface area contributed by atoms with Gasteiger partial charge in [-0.05, 0) is 28.1 Å². The molecule has 1 N–H and O–H groups in total. The van der Waals surface area contributed by atoms with Gasteiger partial charge in [0.2, 0.25) is 11.2 Å². The highest BCUT2D eigenvalue weighted by molar-refractivity contribution is 9.10. The molecule has 2 aromatic carbocycles. The summed E-state index contributed by atoms with van der Waals surface area (Å²) in [5.74, 6) is -0.179. The van der Waals surface area contributed by atoms with Gasteiger partial charge in [0.15, 0.2) is 5.76 Å². The molecule has 0 aliphatic rings. The van der Waals surface area contributed by atoms with Crippen LogP contribution in [0.2, 0.25) is 0 Å². The fourth-order valence-corrected chi connectivity index (χ4v) is 2.50. The van der Waals surface area contributed by atoms with Gasteiger partial charge in [-0.25, -0.2) is 0 Å². The average Bonchev–Trinajstić information content (AvgIpc) is 2.43. The van der Waals surface area contributed by atoms with Gasteiger partial charge in [0.05, 0.1) is 5.39 Å². The Balaban J connectivity index is 2.41. The molecule has 0 spiro atoms. The molecule has 0 saturated heterocycles. The first-order valence-corrected chi connectivity index (χ1v) is 6.47.